The number of hydrogen-bond acceptors (Lipinski definition) is 4. The molecule has 0 aliphatic carbocycles. The van der Waals surface area contributed by atoms with E-state index < -0.39 is 6.17 Å². The lowest BCUT2D eigenvalue weighted by atomic mass is 10.1. The number of halogens is 1. The molecule has 0 bridgehead atoms. The molecule has 1 aromatic heterocycles. The van der Waals surface area contributed by atoms with Gasteiger partial charge in [-0.2, -0.15) is 0 Å². The van der Waals surface area contributed by atoms with E-state index in [1.807, 2.05) is 12.1 Å². The molecule has 3 heterocycles. The molecule has 2 fully saturated rings. The van der Waals surface area contributed by atoms with Gasteiger partial charge in [0, 0.05) is 44.9 Å². The Morgan fingerprint density at radius 2 is 2.04 bits per heavy atom. The van der Waals surface area contributed by atoms with Crippen LogP contribution in [0.3, 0.4) is 0 Å². The first kappa shape index (κ1) is 18.8. The quantitative estimate of drug-likeness (QED) is 0.797. The Morgan fingerprint density at radius 1 is 1.23 bits per heavy atom. The van der Waals surface area contributed by atoms with Crippen LogP contribution in [0, 0.1) is 0 Å². The van der Waals surface area contributed by atoms with Crippen molar-refractivity contribution in [3.63, 3.8) is 0 Å². The van der Waals surface area contributed by atoms with Gasteiger partial charge < -0.3 is 14.5 Å². The summed E-state index contributed by atoms with van der Waals surface area (Å²) in [6, 6.07) is 3.58. The van der Waals surface area contributed by atoms with Crippen LogP contribution < -0.4 is 0 Å². The van der Waals surface area contributed by atoms with Crippen molar-refractivity contribution in [2.75, 3.05) is 32.8 Å². The van der Waals surface area contributed by atoms with Gasteiger partial charge in [0.2, 0.25) is 11.8 Å². The predicted octanol–water partition coefficient (Wildman–Crippen LogP) is 1.59. The largest absolute Gasteiger partial charge is 0.377 e. The molecule has 0 aromatic carbocycles. The molecule has 142 valence electrons. The second-order valence-electron chi connectivity index (χ2n) is 6.94. The van der Waals surface area contributed by atoms with E-state index in [2.05, 4.69) is 4.98 Å². The minimum Gasteiger partial charge on any atom is -0.377 e. The maximum Gasteiger partial charge on any atom is 0.224 e. The van der Waals surface area contributed by atoms with Gasteiger partial charge in [-0.15, -0.1) is 0 Å². The van der Waals surface area contributed by atoms with Crippen molar-refractivity contribution in [1.82, 2.24) is 14.8 Å². The van der Waals surface area contributed by atoms with Crippen molar-refractivity contribution in [2.45, 2.75) is 44.3 Å². The number of carbonyl (C=O) groups excluding carboxylic acids is 2. The lowest BCUT2D eigenvalue weighted by molar-refractivity contribution is -0.144. The zero-order valence-corrected chi connectivity index (χ0v) is 15.0. The Hall–Kier alpha value is -2.02. The number of rotatable bonds is 5. The number of pyridine rings is 1. The third-order valence-electron chi connectivity index (χ3n) is 5.09. The lowest BCUT2D eigenvalue weighted by Gasteiger charge is -2.37. The molecule has 0 spiro atoms. The highest BCUT2D eigenvalue weighted by molar-refractivity contribution is 5.80. The molecule has 1 aromatic rings. The minimum absolute atomic E-state index is 0.0162. The molecule has 0 N–H and O–H groups in total. The molecule has 2 amide bonds. The maximum atomic E-state index is 13.3. The summed E-state index contributed by atoms with van der Waals surface area (Å²) < 4.78 is 18.8. The van der Waals surface area contributed by atoms with Crippen LogP contribution in [0.25, 0.3) is 0 Å². The number of morpholine rings is 1. The van der Waals surface area contributed by atoms with Crippen molar-refractivity contribution in [2.24, 2.45) is 0 Å². The molecule has 2 aliphatic heterocycles. The summed E-state index contributed by atoms with van der Waals surface area (Å²) in [4.78, 5) is 32.7. The fourth-order valence-electron chi connectivity index (χ4n) is 3.52. The molecule has 0 saturated carbocycles. The van der Waals surface area contributed by atoms with Gasteiger partial charge in [0.05, 0.1) is 19.3 Å². The summed E-state index contributed by atoms with van der Waals surface area (Å²) in [6.07, 6.45) is 4.75. The van der Waals surface area contributed by atoms with Gasteiger partial charge in [-0.3, -0.25) is 14.6 Å². The summed E-state index contributed by atoms with van der Waals surface area (Å²) in [6.45, 7) is 2.31. The Balaban J connectivity index is 1.53. The monoisotopic (exact) mass is 363 g/mol. The predicted molar refractivity (Wildman–Crippen MR) is 94.2 cm³/mol. The molecule has 26 heavy (non-hydrogen) atoms. The van der Waals surface area contributed by atoms with E-state index >= 15 is 0 Å². The zero-order chi connectivity index (χ0) is 18.4. The normalized spacial score (nSPS) is 21.7. The topological polar surface area (TPSA) is 62.7 Å². The van der Waals surface area contributed by atoms with Crippen LogP contribution in [0.1, 0.15) is 31.2 Å². The second kappa shape index (κ2) is 9.07. The highest BCUT2D eigenvalue weighted by atomic mass is 19.1. The third-order valence-corrected chi connectivity index (χ3v) is 5.09. The van der Waals surface area contributed by atoms with Crippen LogP contribution >= 0.6 is 0 Å². The number of amides is 2. The van der Waals surface area contributed by atoms with Crippen LogP contribution in [-0.2, 0) is 20.7 Å². The van der Waals surface area contributed by atoms with Crippen LogP contribution in [-0.4, -0.2) is 71.7 Å². The number of likely N-dealkylation sites (tertiary alicyclic amines) is 1. The number of ether oxygens (including phenoxy) is 1. The third kappa shape index (κ3) is 5.00. The highest BCUT2D eigenvalue weighted by Crippen LogP contribution is 2.18. The molecular formula is C19H26FN3O3. The Labute approximate surface area is 153 Å². The van der Waals surface area contributed by atoms with Crippen LogP contribution in [0.15, 0.2) is 24.5 Å². The minimum atomic E-state index is -0.803. The van der Waals surface area contributed by atoms with E-state index in [1.165, 1.54) is 0 Å². The fraction of sp³-hybridized carbons (Fsp3) is 0.632. The summed E-state index contributed by atoms with van der Waals surface area (Å²) in [5, 5.41) is 0. The van der Waals surface area contributed by atoms with Crippen LogP contribution in [0.4, 0.5) is 4.39 Å². The van der Waals surface area contributed by atoms with Gasteiger partial charge >= 0.3 is 0 Å². The summed E-state index contributed by atoms with van der Waals surface area (Å²) in [5.74, 6) is 0.0230. The average molecular weight is 363 g/mol. The first-order valence-electron chi connectivity index (χ1n) is 9.31. The number of alkyl halides is 1. The molecule has 6 nitrogen and oxygen atoms in total. The van der Waals surface area contributed by atoms with E-state index in [1.54, 1.807) is 22.2 Å². The van der Waals surface area contributed by atoms with Crippen molar-refractivity contribution >= 4 is 11.8 Å². The summed E-state index contributed by atoms with van der Waals surface area (Å²) >= 11 is 0. The van der Waals surface area contributed by atoms with E-state index in [0.29, 0.717) is 58.5 Å². The second-order valence-corrected chi connectivity index (χ2v) is 6.94. The number of aromatic nitrogens is 1. The van der Waals surface area contributed by atoms with Gasteiger partial charge in [0.25, 0.3) is 0 Å². The van der Waals surface area contributed by atoms with Gasteiger partial charge in [0.15, 0.2) is 0 Å². The number of aryl methyl sites for hydroxylation is 1. The van der Waals surface area contributed by atoms with E-state index in [0.717, 1.165) is 5.56 Å². The van der Waals surface area contributed by atoms with Gasteiger partial charge in [-0.25, -0.2) is 4.39 Å². The van der Waals surface area contributed by atoms with Crippen molar-refractivity contribution in [3.05, 3.63) is 30.1 Å². The Morgan fingerprint density at radius 3 is 2.77 bits per heavy atom. The van der Waals surface area contributed by atoms with Crippen molar-refractivity contribution in [3.8, 4) is 0 Å². The van der Waals surface area contributed by atoms with Gasteiger partial charge in [0.1, 0.15) is 6.17 Å². The van der Waals surface area contributed by atoms with Gasteiger partial charge in [-0.1, -0.05) is 6.07 Å². The van der Waals surface area contributed by atoms with E-state index in [9.17, 15) is 14.0 Å². The first-order valence-corrected chi connectivity index (χ1v) is 9.31. The number of nitrogens with zero attached hydrogens (tertiary/aromatic N) is 3. The van der Waals surface area contributed by atoms with Crippen LogP contribution in [0.5, 0.6) is 0 Å². The summed E-state index contributed by atoms with van der Waals surface area (Å²) in [7, 11) is 0. The lowest BCUT2D eigenvalue weighted by Crippen LogP contribution is -2.51. The number of carbonyl (C=O) groups is 2. The van der Waals surface area contributed by atoms with Gasteiger partial charge in [-0.05, 0) is 30.9 Å². The molecular weight excluding hydrogens is 337 g/mol. The van der Waals surface area contributed by atoms with Crippen molar-refractivity contribution in [1.29, 1.82) is 0 Å². The number of piperidine rings is 1. The number of hydrogen-bond donors (Lipinski definition) is 0. The Kier molecular flexibility index (Phi) is 6.55. The SMILES string of the molecule is O=C(CC1COCCN1C(=O)CCc1cccnc1)N1CCC(F)CC1. The van der Waals surface area contributed by atoms with E-state index in [-0.39, 0.29) is 24.3 Å². The van der Waals surface area contributed by atoms with Crippen LogP contribution in [0.2, 0.25) is 0 Å². The first-order chi connectivity index (χ1) is 12.6. The molecule has 1 unspecified atom stereocenters. The molecule has 1 atom stereocenters. The van der Waals surface area contributed by atoms with Crippen molar-refractivity contribution < 1.29 is 18.7 Å². The fourth-order valence-corrected chi connectivity index (χ4v) is 3.52. The highest BCUT2D eigenvalue weighted by Gasteiger charge is 2.31. The standard InChI is InChI=1S/C19H26FN3O3/c20-16-5-8-22(9-6-16)19(25)12-17-14-26-11-10-23(17)18(24)4-3-15-2-1-7-21-13-15/h1-2,7,13,16-17H,3-6,8-12,14H2. The molecule has 0 radical (unpaired) electrons. The molecule has 2 aliphatic rings. The zero-order valence-electron chi connectivity index (χ0n) is 15.0. The maximum absolute atomic E-state index is 13.3. The smallest absolute Gasteiger partial charge is 0.224 e. The van der Waals surface area contributed by atoms with E-state index in [4.69, 9.17) is 4.74 Å². The molecule has 2 saturated heterocycles. The molecule has 7 heteroatoms. The average Bonchev–Trinajstić information content (AvgIpc) is 2.68. The molecule has 3 rings (SSSR count). The summed E-state index contributed by atoms with van der Waals surface area (Å²) in [5.41, 5.74) is 1.02. The Bertz CT molecular complexity index is 605.